The van der Waals surface area contributed by atoms with E-state index in [1.165, 1.54) is 10.9 Å². The summed E-state index contributed by atoms with van der Waals surface area (Å²) < 4.78 is 8.42. The SMILES string of the molecule is O=C(OCCCCCn1cnc2c(=O)[nH]cnc21)n1cccc1. The van der Waals surface area contributed by atoms with Crippen molar-refractivity contribution in [1.29, 1.82) is 0 Å². The van der Waals surface area contributed by atoms with Crippen molar-refractivity contribution in [3.63, 3.8) is 0 Å². The number of H-pyrrole nitrogens is 1. The van der Waals surface area contributed by atoms with Crippen molar-refractivity contribution in [3.8, 4) is 0 Å². The maximum absolute atomic E-state index is 11.6. The average molecular weight is 315 g/mol. The van der Waals surface area contributed by atoms with Gasteiger partial charge < -0.3 is 14.3 Å². The third-order valence-electron chi connectivity index (χ3n) is 3.49. The van der Waals surface area contributed by atoms with Gasteiger partial charge in [0.2, 0.25) is 0 Å². The molecule has 8 heteroatoms. The number of hydrogen-bond donors (Lipinski definition) is 1. The highest BCUT2D eigenvalue weighted by molar-refractivity contribution is 5.70. The van der Waals surface area contributed by atoms with Crippen LogP contribution in [0.4, 0.5) is 4.79 Å². The lowest BCUT2D eigenvalue weighted by atomic mass is 10.2. The van der Waals surface area contributed by atoms with E-state index in [0.29, 0.717) is 17.8 Å². The number of hydrogen-bond acceptors (Lipinski definition) is 5. The second kappa shape index (κ2) is 6.91. The minimum absolute atomic E-state index is 0.231. The summed E-state index contributed by atoms with van der Waals surface area (Å²) in [6, 6.07) is 3.55. The molecule has 0 bridgehead atoms. The lowest BCUT2D eigenvalue weighted by molar-refractivity contribution is 0.145. The predicted octanol–water partition coefficient (Wildman–Crippen LogP) is 1.78. The van der Waals surface area contributed by atoms with Gasteiger partial charge in [-0.3, -0.25) is 9.36 Å². The Kier molecular flexibility index (Phi) is 4.51. The highest BCUT2D eigenvalue weighted by Crippen LogP contribution is 2.07. The molecule has 0 radical (unpaired) electrons. The van der Waals surface area contributed by atoms with E-state index in [0.717, 1.165) is 25.8 Å². The van der Waals surface area contributed by atoms with E-state index in [1.54, 1.807) is 30.9 Å². The Labute approximate surface area is 131 Å². The fraction of sp³-hybridized carbons (Fsp3) is 0.333. The van der Waals surface area contributed by atoms with Gasteiger partial charge in [0.15, 0.2) is 11.2 Å². The number of aromatic amines is 1. The number of rotatable bonds is 6. The smallest absolute Gasteiger partial charge is 0.417 e. The maximum Gasteiger partial charge on any atom is 0.417 e. The molecular weight excluding hydrogens is 298 g/mol. The molecule has 3 aromatic heterocycles. The molecule has 0 unspecified atom stereocenters. The summed E-state index contributed by atoms with van der Waals surface area (Å²) in [5.41, 5.74) is 0.714. The van der Waals surface area contributed by atoms with Crippen LogP contribution in [0.3, 0.4) is 0 Å². The number of imidazole rings is 1. The van der Waals surface area contributed by atoms with Crippen molar-refractivity contribution in [2.75, 3.05) is 6.61 Å². The molecule has 3 aromatic rings. The van der Waals surface area contributed by atoms with E-state index >= 15 is 0 Å². The lowest BCUT2D eigenvalue weighted by Gasteiger charge is -2.06. The normalized spacial score (nSPS) is 11.0. The molecule has 0 amide bonds. The summed E-state index contributed by atoms with van der Waals surface area (Å²) in [6.07, 6.45) is 8.53. The number of ether oxygens (including phenoxy) is 1. The number of carbonyl (C=O) groups excluding carboxylic acids is 1. The van der Waals surface area contributed by atoms with Crippen LogP contribution in [0.15, 0.2) is 42.0 Å². The molecule has 0 aliphatic rings. The first-order valence-electron chi connectivity index (χ1n) is 7.44. The van der Waals surface area contributed by atoms with Gasteiger partial charge in [0.25, 0.3) is 5.56 Å². The van der Waals surface area contributed by atoms with Gasteiger partial charge in [0.1, 0.15) is 0 Å². The Bertz CT molecular complexity index is 834. The standard InChI is InChI=1S/C15H17N5O3/c21-14-12-13(16-10-17-14)20(11-18-12)8-2-1-5-9-23-15(22)19-6-3-4-7-19/h3-4,6-7,10-11H,1-2,5,8-9H2,(H,16,17,21). The molecular formula is C15H17N5O3. The van der Waals surface area contributed by atoms with E-state index in [9.17, 15) is 9.59 Å². The van der Waals surface area contributed by atoms with Crippen molar-refractivity contribution in [1.82, 2.24) is 24.1 Å². The molecule has 0 saturated carbocycles. The summed E-state index contributed by atoms with van der Waals surface area (Å²) in [7, 11) is 0. The quantitative estimate of drug-likeness (QED) is 0.700. The zero-order chi connectivity index (χ0) is 16.1. The first-order chi connectivity index (χ1) is 11.3. The minimum Gasteiger partial charge on any atom is -0.449 e. The number of aromatic nitrogens is 5. The highest BCUT2D eigenvalue weighted by atomic mass is 16.5. The number of nitrogens with one attached hydrogen (secondary N) is 1. The van der Waals surface area contributed by atoms with Crippen LogP contribution in [0.5, 0.6) is 0 Å². The molecule has 3 heterocycles. The van der Waals surface area contributed by atoms with Crippen LogP contribution in [-0.2, 0) is 11.3 Å². The number of carbonyl (C=O) groups is 1. The fourth-order valence-electron chi connectivity index (χ4n) is 2.31. The Morgan fingerprint density at radius 3 is 2.83 bits per heavy atom. The van der Waals surface area contributed by atoms with Gasteiger partial charge in [0, 0.05) is 18.9 Å². The first kappa shape index (κ1) is 15.0. The summed E-state index contributed by atoms with van der Waals surface area (Å²) in [6.45, 7) is 1.11. The Balaban J connectivity index is 1.40. The molecule has 0 aliphatic heterocycles. The van der Waals surface area contributed by atoms with E-state index in [-0.39, 0.29) is 11.7 Å². The van der Waals surface area contributed by atoms with Crippen molar-refractivity contribution >= 4 is 17.3 Å². The van der Waals surface area contributed by atoms with E-state index in [4.69, 9.17) is 4.74 Å². The van der Waals surface area contributed by atoms with Gasteiger partial charge in [-0.25, -0.2) is 14.8 Å². The first-order valence-corrected chi connectivity index (χ1v) is 7.44. The van der Waals surface area contributed by atoms with Crippen LogP contribution >= 0.6 is 0 Å². The predicted molar refractivity (Wildman–Crippen MR) is 83.2 cm³/mol. The summed E-state index contributed by atoms with van der Waals surface area (Å²) in [5, 5.41) is 0. The molecule has 0 spiro atoms. The van der Waals surface area contributed by atoms with Gasteiger partial charge in [-0.2, -0.15) is 0 Å². The molecule has 3 rings (SSSR count). The summed E-state index contributed by atoms with van der Waals surface area (Å²) in [5.74, 6) is 0. The van der Waals surface area contributed by atoms with Crippen LogP contribution in [0.25, 0.3) is 11.2 Å². The Morgan fingerprint density at radius 1 is 1.17 bits per heavy atom. The Morgan fingerprint density at radius 2 is 2.00 bits per heavy atom. The lowest BCUT2D eigenvalue weighted by Crippen LogP contribution is -2.12. The topological polar surface area (TPSA) is 94.8 Å². The molecule has 0 aliphatic carbocycles. The van der Waals surface area contributed by atoms with Gasteiger partial charge in [-0.05, 0) is 31.4 Å². The van der Waals surface area contributed by atoms with Crippen LogP contribution < -0.4 is 5.56 Å². The second-order valence-electron chi connectivity index (χ2n) is 5.11. The molecule has 120 valence electrons. The minimum atomic E-state index is -0.362. The van der Waals surface area contributed by atoms with Crippen molar-refractivity contribution in [2.24, 2.45) is 0 Å². The Hall–Kier alpha value is -2.90. The molecule has 1 N–H and O–H groups in total. The van der Waals surface area contributed by atoms with Gasteiger partial charge in [-0.1, -0.05) is 0 Å². The van der Waals surface area contributed by atoms with Crippen LogP contribution in [0, 0.1) is 0 Å². The zero-order valence-corrected chi connectivity index (χ0v) is 12.5. The fourth-order valence-corrected chi connectivity index (χ4v) is 2.31. The van der Waals surface area contributed by atoms with Crippen LogP contribution in [-0.4, -0.2) is 36.8 Å². The number of unbranched alkanes of at least 4 members (excludes halogenated alkanes) is 2. The number of nitrogens with zero attached hydrogens (tertiary/aromatic N) is 4. The summed E-state index contributed by atoms with van der Waals surface area (Å²) in [4.78, 5) is 33.8. The summed E-state index contributed by atoms with van der Waals surface area (Å²) >= 11 is 0. The largest absolute Gasteiger partial charge is 0.449 e. The van der Waals surface area contributed by atoms with Crippen LogP contribution in [0.1, 0.15) is 19.3 Å². The van der Waals surface area contributed by atoms with E-state index in [1.807, 2.05) is 4.57 Å². The average Bonchev–Trinajstić information content (AvgIpc) is 3.21. The molecule has 0 aromatic carbocycles. The van der Waals surface area contributed by atoms with Gasteiger partial charge in [-0.15, -0.1) is 0 Å². The van der Waals surface area contributed by atoms with Crippen molar-refractivity contribution < 1.29 is 9.53 Å². The molecule has 0 atom stereocenters. The van der Waals surface area contributed by atoms with Gasteiger partial charge >= 0.3 is 6.09 Å². The maximum atomic E-state index is 11.6. The zero-order valence-electron chi connectivity index (χ0n) is 12.5. The molecule has 8 nitrogen and oxygen atoms in total. The van der Waals surface area contributed by atoms with Crippen molar-refractivity contribution in [2.45, 2.75) is 25.8 Å². The second-order valence-corrected chi connectivity index (χ2v) is 5.11. The number of aryl methyl sites for hydroxylation is 1. The monoisotopic (exact) mass is 315 g/mol. The number of fused-ring (bicyclic) bond motifs is 1. The van der Waals surface area contributed by atoms with E-state index in [2.05, 4.69) is 15.0 Å². The van der Waals surface area contributed by atoms with Gasteiger partial charge in [0.05, 0.1) is 19.3 Å². The molecule has 0 fully saturated rings. The molecule has 0 saturated heterocycles. The third-order valence-corrected chi connectivity index (χ3v) is 3.49. The highest BCUT2D eigenvalue weighted by Gasteiger charge is 2.07. The molecule has 23 heavy (non-hydrogen) atoms. The van der Waals surface area contributed by atoms with Crippen LogP contribution in [0.2, 0.25) is 0 Å². The third kappa shape index (κ3) is 3.47. The van der Waals surface area contributed by atoms with E-state index < -0.39 is 0 Å². The van der Waals surface area contributed by atoms with Crippen molar-refractivity contribution in [3.05, 3.63) is 47.5 Å².